The molecule has 3 amide bonds. The Kier molecular flexibility index (Phi) is 7.05. The molecule has 10 heteroatoms. The van der Waals surface area contributed by atoms with E-state index in [1.54, 1.807) is 18.1 Å². The zero-order valence-corrected chi connectivity index (χ0v) is 22.2. The molecule has 2 aliphatic heterocycles. The average Bonchev–Trinajstić information content (AvgIpc) is 3.26. The van der Waals surface area contributed by atoms with Gasteiger partial charge in [-0.05, 0) is 68.6 Å². The van der Waals surface area contributed by atoms with Gasteiger partial charge in [0.25, 0.3) is 5.91 Å². The molecule has 10 nitrogen and oxygen atoms in total. The number of amides is 3. The second kappa shape index (κ2) is 10.6. The number of ether oxygens (including phenoxy) is 2. The molecule has 3 N–H and O–H groups in total. The maximum absolute atomic E-state index is 13.9. The van der Waals surface area contributed by atoms with Gasteiger partial charge in [-0.25, -0.2) is 0 Å². The summed E-state index contributed by atoms with van der Waals surface area (Å²) < 4.78 is 11.1. The molecule has 2 aromatic rings. The Balaban J connectivity index is 1.23. The summed E-state index contributed by atoms with van der Waals surface area (Å²) in [6.07, 6.45) is 5.71. The number of nitrogens with one attached hydrogen (secondary N) is 3. The molecule has 0 bridgehead atoms. The number of aromatic nitrogens is 1. The van der Waals surface area contributed by atoms with Crippen molar-refractivity contribution < 1.29 is 28.7 Å². The summed E-state index contributed by atoms with van der Waals surface area (Å²) in [6.45, 7) is 0.990. The number of fused-ring (bicyclic) bond motifs is 2. The number of aromatic amines is 1. The van der Waals surface area contributed by atoms with Gasteiger partial charge in [0.2, 0.25) is 11.8 Å². The highest BCUT2D eigenvalue weighted by molar-refractivity contribution is 6.02. The molecular weight excluding hydrogens is 500 g/mol. The first-order chi connectivity index (χ1) is 18.9. The molecule has 2 saturated carbocycles. The number of hydrogen-bond donors (Lipinski definition) is 3. The normalized spacial score (nSPS) is 26.9. The van der Waals surface area contributed by atoms with Crippen LogP contribution in [0.15, 0.2) is 24.3 Å². The minimum atomic E-state index is -0.833. The van der Waals surface area contributed by atoms with Crippen molar-refractivity contribution in [2.45, 2.75) is 63.1 Å². The number of benzene rings is 1. The van der Waals surface area contributed by atoms with Gasteiger partial charge in [-0.1, -0.05) is 12.5 Å². The molecule has 39 heavy (non-hydrogen) atoms. The van der Waals surface area contributed by atoms with Gasteiger partial charge in [0, 0.05) is 29.9 Å². The number of ketones is 1. The van der Waals surface area contributed by atoms with E-state index >= 15 is 0 Å². The number of carbonyl (C=O) groups is 4. The van der Waals surface area contributed by atoms with E-state index in [-0.39, 0.29) is 60.4 Å². The predicted octanol–water partition coefficient (Wildman–Crippen LogP) is 2.18. The van der Waals surface area contributed by atoms with Crippen LogP contribution in [-0.2, 0) is 19.1 Å². The van der Waals surface area contributed by atoms with Crippen LogP contribution in [0.1, 0.15) is 55.4 Å². The second-order valence-corrected chi connectivity index (χ2v) is 11.4. The lowest BCUT2D eigenvalue weighted by molar-refractivity contribution is -0.134. The van der Waals surface area contributed by atoms with E-state index in [0.717, 1.165) is 43.0 Å². The van der Waals surface area contributed by atoms with Gasteiger partial charge in [0.05, 0.1) is 19.3 Å². The zero-order chi connectivity index (χ0) is 27.1. The fraction of sp³-hybridized carbons (Fsp3) is 0.586. The lowest BCUT2D eigenvalue weighted by Crippen LogP contribution is -2.53. The van der Waals surface area contributed by atoms with Gasteiger partial charge in [0.15, 0.2) is 5.78 Å². The van der Waals surface area contributed by atoms with Crippen LogP contribution in [0.25, 0.3) is 10.9 Å². The molecule has 3 heterocycles. The Morgan fingerprint density at radius 2 is 2.00 bits per heavy atom. The molecule has 1 aromatic carbocycles. The third kappa shape index (κ3) is 5.14. The summed E-state index contributed by atoms with van der Waals surface area (Å²) in [5, 5.41) is 6.59. The third-order valence-electron chi connectivity index (χ3n) is 8.87. The minimum absolute atomic E-state index is 0.0427. The summed E-state index contributed by atoms with van der Waals surface area (Å²) in [5.74, 6) is -0.252. The highest BCUT2D eigenvalue weighted by Gasteiger charge is 2.50. The Labute approximate surface area is 227 Å². The SMILES string of the molecule is COc1cccc2[nH]c(C(=O)N3CC4CCCC4C3C(=O)NC(CC3CCNC3=O)C(=O)COC3CC3)cc12. The van der Waals surface area contributed by atoms with E-state index < -0.39 is 12.1 Å². The van der Waals surface area contributed by atoms with Crippen molar-refractivity contribution in [1.29, 1.82) is 0 Å². The van der Waals surface area contributed by atoms with E-state index in [0.29, 0.717) is 31.0 Å². The highest BCUT2D eigenvalue weighted by atomic mass is 16.5. The molecule has 4 aliphatic rings. The van der Waals surface area contributed by atoms with Crippen LogP contribution in [0.3, 0.4) is 0 Å². The van der Waals surface area contributed by atoms with E-state index in [2.05, 4.69) is 15.6 Å². The first-order valence-electron chi connectivity index (χ1n) is 14.1. The molecule has 5 atom stereocenters. The van der Waals surface area contributed by atoms with Gasteiger partial charge in [-0.2, -0.15) is 0 Å². The van der Waals surface area contributed by atoms with Gasteiger partial charge in [-0.3, -0.25) is 19.2 Å². The molecule has 6 rings (SSSR count). The molecule has 1 aromatic heterocycles. The first-order valence-corrected chi connectivity index (χ1v) is 14.1. The number of likely N-dealkylation sites (tertiary alicyclic amines) is 1. The number of H-pyrrole nitrogens is 1. The van der Waals surface area contributed by atoms with Gasteiger partial charge in [0.1, 0.15) is 24.1 Å². The van der Waals surface area contributed by atoms with E-state index in [1.165, 1.54) is 0 Å². The zero-order valence-electron chi connectivity index (χ0n) is 22.2. The van der Waals surface area contributed by atoms with Crippen LogP contribution in [0, 0.1) is 17.8 Å². The van der Waals surface area contributed by atoms with E-state index in [9.17, 15) is 19.2 Å². The van der Waals surface area contributed by atoms with Gasteiger partial charge < -0.3 is 30.0 Å². The Bertz CT molecular complexity index is 1290. The van der Waals surface area contributed by atoms with Crippen molar-refractivity contribution in [3.63, 3.8) is 0 Å². The van der Waals surface area contributed by atoms with Crippen molar-refractivity contribution in [2.24, 2.45) is 17.8 Å². The molecule has 208 valence electrons. The average molecular weight is 537 g/mol. The third-order valence-corrected chi connectivity index (χ3v) is 8.87. The van der Waals surface area contributed by atoms with Crippen LogP contribution < -0.4 is 15.4 Å². The summed E-state index contributed by atoms with van der Waals surface area (Å²) in [4.78, 5) is 58.1. The minimum Gasteiger partial charge on any atom is -0.496 e. The summed E-state index contributed by atoms with van der Waals surface area (Å²) in [6, 6.07) is 5.86. The Morgan fingerprint density at radius 3 is 2.74 bits per heavy atom. The van der Waals surface area contributed by atoms with Crippen molar-refractivity contribution >= 4 is 34.4 Å². The number of hydrogen-bond acceptors (Lipinski definition) is 6. The largest absolute Gasteiger partial charge is 0.496 e. The van der Waals surface area contributed by atoms with E-state index in [4.69, 9.17) is 9.47 Å². The summed E-state index contributed by atoms with van der Waals surface area (Å²) in [7, 11) is 1.59. The van der Waals surface area contributed by atoms with Crippen LogP contribution in [-0.4, -0.2) is 78.4 Å². The lowest BCUT2D eigenvalue weighted by Gasteiger charge is -2.29. The number of nitrogens with zero attached hydrogens (tertiary/aromatic N) is 1. The van der Waals surface area contributed by atoms with Crippen LogP contribution in [0.4, 0.5) is 0 Å². The van der Waals surface area contributed by atoms with Crippen LogP contribution in [0.5, 0.6) is 5.75 Å². The smallest absolute Gasteiger partial charge is 0.271 e. The fourth-order valence-electron chi connectivity index (χ4n) is 6.64. The number of Topliss-reactive ketones (excluding diaryl/α,β-unsaturated/α-hetero) is 1. The Morgan fingerprint density at radius 1 is 1.15 bits per heavy atom. The first kappa shape index (κ1) is 25.9. The molecule has 2 aliphatic carbocycles. The van der Waals surface area contributed by atoms with Crippen molar-refractivity contribution in [3.05, 3.63) is 30.0 Å². The van der Waals surface area contributed by atoms with Gasteiger partial charge in [-0.15, -0.1) is 0 Å². The Hall–Kier alpha value is -3.40. The number of methoxy groups -OCH3 is 1. The van der Waals surface area contributed by atoms with Crippen LogP contribution in [0.2, 0.25) is 0 Å². The quantitative estimate of drug-likeness (QED) is 0.427. The summed E-state index contributed by atoms with van der Waals surface area (Å²) >= 11 is 0. The molecule has 4 fully saturated rings. The maximum atomic E-state index is 13.9. The topological polar surface area (TPSA) is 130 Å². The van der Waals surface area contributed by atoms with Crippen molar-refractivity contribution in [2.75, 3.05) is 26.8 Å². The molecule has 5 unspecified atom stereocenters. The number of rotatable bonds is 10. The maximum Gasteiger partial charge on any atom is 0.271 e. The van der Waals surface area contributed by atoms with Crippen molar-refractivity contribution in [3.8, 4) is 5.75 Å². The predicted molar refractivity (Wildman–Crippen MR) is 142 cm³/mol. The fourth-order valence-corrected chi connectivity index (χ4v) is 6.64. The van der Waals surface area contributed by atoms with Crippen molar-refractivity contribution in [1.82, 2.24) is 20.5 Å². The number of carbonyl (C=O) groups excluding carboxylic acids is 4. The standard InChI is InChI=1S/C29H36N4O6/c1-38-25-7-3-6-21-20(25)13-23(31-21)29(37)33-14-17-4-2-5-19(17)26(33)28(36)32-22(12-16-10-11-30-27(16)35)24(34)15-39-18-8-9-18/h3,6-7,13,16-19,22,26,31H,2,4-5,8-12,14-15H2,1H3,(H,30,35)(H,32,36). The lowest BCUT2D eigenvalue weighted by atomic mass is 9.92. The molecule has 0 spiro atoms. The van der Waals surface area contributed by atoms with E-state index in [1.807, 2.05) is 18.2 Å². The monoisotopic (exact) mass is 536 g/mol. The van der Waals surface area contributed by atoms with Crippen LogP contribution >= 0.6 is 0 Å². The molecule has 0 radical (unpaired) electrons. The second-order valence-electron chi connectivity index (χ2n) is 11.4. The summed E-state index contributed by atoms with van der Waals surface area (Å²) in [5.41, 5.74) is 1.19. The molecular formula is C29H36N4O6. The van der Waals surface area contributed by atoms with Gasteiger partial charge >= 0.3 is 0 Å². The highest BCUT2D eigenvalue weighted by Crippen LogP contribution is 2.43. The molecule has 2 saturated heterocycles.